The summed E-state index contributed by atoms with van der Waals surface area (Å²) in [5.41, 5.74) is 0.0298. The molecule has 0 fully saturated rings. The van der Waals surface area contributed by atoms with Crippen LogP contribution in [-0.4, -0.2) is 16.1 Å². The standard InChI is InChI=1S/C64H50INO2PSi2/c1-47(48-27-9-2-10-28-48)66-69(65)67-63-59(70(51-31-11-3-12-32-51,52-33-13-4-14-34-52)53-35-15-5-16-36-53)45-49-29-23-25-43-57(49)61(63)62-58-44-26-24-30-50(58)46-60(64(62)68-69)71(54-37-17-6-18-38-54,55-39-19-7-20-40-55)56-41-21-8-22-42-56/h2-47,66H,1H3/q+1/t47-/m0/s1. The van der Waals surface area contributed by atoms with Crippen molar-refractivity contribution in [2.45, 2.75) is 13.0 Å². The highest BCUT2D eigenvalue weighted by atomic mass is 127. The predicted octanol–water partition coefficient (Wildman–Crippen LogP) is 11.6. The maximum Gasteiger partial charge on any atom is 0.494 e. The highest BCUT2D eigenvalue weighted by Crippen LogP contribution is 2.69. The molecule has 11 aromatic carbocycles. The van der Waals surface area contributed by atoms with Crippen LogP contribution in [0.4, 0.5) is 0 Å². The second kappa shape index (κ2) is 19.0. The van der Waals surface area contributed by atoms with Gasteiger partial charge < -0.3 is 0 Å². The number of hydrogen-bond acceptors (Lipinski definition) is 3. The van der Waals surface area contributed by atoms with Gasteiger partial charge in [0.15, 0.2) is 27.6 Å². The van der Waals surface area contributed by atoms with Gasteiger partial charge >= 0.3 is 5.51 Å². The fourth-order valence-electron chi connectivity index (χ4n) is 11.3. The zero-order valence-electron chi connectivity index (χ0n) is 39.2. The first-order valence-electron chi connectivity index (χ1n) is 24.3. The summed E-state index contributed by atoms with van der Waals surface area (Å²) in [6.45, 7) is 2.23. The van der Waals surface area contributed by atoms with Crippen LogP contribution in [0.15, 0.2) is 273 Å². The van der Waals surface area contributed by atoms with E-state index < -0.39 is 21.7 Å². The molecule has 0 saturated heterocycles. The molecule has 0 amide bonds. The van der Waals surface area contributed by atoms with E-state index in [2.05, 4.69) is 307 Å². The quantitative estimate of drug-likeness (QED) is 0.0606. The van der Waals surface area contributed by atoms with Gasteiger partial charge in [0.1, 0.15) is 0 Å². The molecule has 7 heteroatoms. The van der Waals surface area contributed by atoms with E-state index in [0.717, 1.165) is 49.7 Å². The zero-order chi connectivity index (χ0) is 47.8. The van der Waals surface area contributed by atoms with Crippen LogP contribution in [0.2, 0.25) is 0 Å². The fraction of sp³-hybridized carbons (Fsp3) is 0.0312. The lowest BCUT2D eigenvalue weighted by molar-refractivity contribution is 0.470. The van der Waals surface area contributed by atoms with Crippen molar-refractivity contribution in [2.75, 3.05) is 0 Å². The van der Waals surface area contributed by atoms with E-state index in [1.165, 1.54) is 41.5 Å². The van der Waals surface area contributed by atoms with Crippen molar-refractivity contribution in [3.8, 4) is 22.6 Å². The number of fused-ring (bicyclic) bond motifs is 7. The minimum Gasteiger partial charge on any atom is -0.280 e. The summed E-state index contributed by atoms with van der Waals surface area (Å²) in [4.78, 5) is 0. The minimum absolute atomic E-state index is 0.127. The van der Waals surface area contributed by atoms with Gasteiger partial charge in [0.05, 0.1) is 6.04 Å². The molecule has 1 atom stereocenters. The molecule has 0 saturated carbocycles. The Bertz CT molecular complexity index is 3240. The molecule has 1 N–H and O–H groups in total. The highest BCUT2D eigenvalue weighted by molar-refractivity contribution is 14.2. The van der Waals surface area contributed by atoms with E-state index in [0.29, 0.717) is 0 Å². The van der Waals surface area contributed by atoms with E-state index in [4.69, 9.17) is 9.05 Å². The highest BCUT2D eigenvalue weighted by Gasteiger charge is 2.56. The summed E-state index contributed by atoms with van der Waals surface area (Å²) < 4.78 is 16.4. The van der Waals surface area contributed by atoms with Crippen LogP contribution in [0.5, 0.6) is 11.5 Å². The average Bonchev–Trinajstić information content (AvgIpc) is 3.58. The Morgan fingerprint density at radius 3 is 0.944 bits per heavy atom. The molecule has 1 heterocycles. The Hall–Kier alpha value is -6.91. The third kappa shape index (κ3) is 7.77. The second-order valence-electron chi connectivity index (χ2n) is 18.3. The molecule has 1 aliphatic rings. The van der Waals surface area contributed by atoms with Gasteiger partial charge in [-0.3, -0.25) is 9.05 Å². The molecule has 11 aromatic rings. The molecule has 0 spiro atoms. The maximum atomic E-state index is 8.18. The van der Waals surface area contributed by atoms with Crippen molar-refractivity contribution in [1.29, 1.82) is 0 Å². The Morgan fingerprint density at radius 1 is 0.366 bits per heavy atom. The monoisotopic (exact) mass is 1080 g/mol. The Morgan fingerprint density at radius 2 is 0.634 bits per heavy atom. The molecule has 71 heavy (non-hydrogen) atoms. The number of halogens is 1. The number of benzene rings is 11. The first-order valence-corrected chi connectivity index (χ1v) is 32.7. The zero-order valence-corrected chi connectivity index (χ0v) is 44.3. The van der Waals surface area contributed by atoms with Crippen LogP contribution in [0.1, 0.15) is 18.5 Å². The lowest BCUT2D eigenvalue weighted by Crippen LogP contribution is -2.75. The van der Waals surface area contributed by atoms with E-state index in [1.807, 2.05) is 0 Å². The summed E-state index contributed by atoms with van der Waals surface area (Å²) in [6, 6.07) is 101. The van der Waals surface area contributed by atoms with Crippen molar-refractivity contribution in [3.63, 3.8) is 0 Å². The van der Waals surface area contributed by atoms with Gasteiger partial charge in [0.25, 0.3) is 22.0 Å². The molecule has 342 valence electrons. The largest absolute Gasteiger partial charge is 0.494 e. The number of nitrogens with one attached hydrogen (secondary N) is 1. The van der Waals surface area contributed by atoms with Crippen LogP contribution in [-0.2, 0) is 0 Å². The molecule has 0 radical (unpaired) electrons. The van der Waals surface area contributed by atoms with Gasteiger partial charge in [0, 0.05) is 21.5 Å². The van der Waals surface area contributed by atoms with Crippen molar-refractivity contribution >= 4 is 107 Å². The second-order valence-corrected chi connectivity index (χ2v) is 31.3. The van der Waals surface area contributed by atoms with E-state index in [9.17, 15) is 0 Å². The molecule has 0 aromatic heterocycles. The summed E-state index contributed by atoms with van der Waals surface area (Å²) in [7, 11) is -6.53. The molecule has 1 aliphatic heterocycles. The van der Waals surface area contributed by atoms with E-state index in [1.54, 1.807) is 0 Å². The molecule has 0 bridgehead atoms. The maximum absolute atomic E-state index is 8.18. The lowest BCUT2D eigenvalue weighted by Gasteiger charge is -2.36. The SMILES string of the molecule is C[C@H](N[P+]1(I)Oc2c([Si](c3ccccc3)(c3ccccc3)c3ccccc3)cc3ccccc3c2-c2c(c([Si](c3ccccc3)(c3ccccc3)c3ccccc3)cc3ccccc23)O1)c1ccccc1. The van der Waals surface area contributed by atoms with Crippen LogP contribution < -0.4 is 55.6 Å². The Labute approximate surface area is 431 Å². The third-order valence-corrected chi connectivity index (χ3v) is 27.5. The lowest BCUT2D eigenvalue weighted by atomic mass is 9.92. The molecule has 0 unspecified atom stereocenters. The normalized spacial score (nSPS) is 13.5. The smallest absolute Gasteiger partial charge is 0.280 e. The van der Waals surface area contributed by atoms with Crippen LogP contribution >= 0.6 is 27.6 Å². The van der Waals surface area contributed by atoms with Crippen molar-refractivity contribution < 1.29 is 9.05 Å². The summed E-state index contributed by atoms with van der Waals surface area (Å²) in [5, 5.41) is 18.6. The molecule has 0 aliphatic carbocycles. The van der Waals surface area contributed by atoms with Gasteiger partial charge in [-0.2, -0.15) is 0 Å². The first kappa shape index (κ1) is 45.2. The van der Waals surface area contributed by atoms with Gasteiger partial charge in [0.2, 0.25) is 0 Å². The van der Waals surface area contributed by atoms with Crippen LogP contribution in [0.25, 0.3) is 32.7 Å². The van der Waals surface area contributed by atoms with Gasteiger partial charge in [-0.15, -0.1) is 5.09 Å². The van der Waals surface area contributed by atoms with Crippen LogP contribution in [0, 0.1) is 0 Å². The van der Waals surface area contributed by atoms with Gasteiger partial charge in [-0.25, -0.2) is 0 Å². The summed E-state index contributed by atoms with van der Waals surface area (Å²) in [5.74, 6) is 1.71. The minimum atomic E-state index is -3.27. The topological polar surface area (TPSA) is 30.5 Å². The van der Waals surface area contributed by atoms with Gasteiger partial charge in [-0.05, 0) is 65.2 Å². The average molecular weight is 1080 g/mol. The van der Waals surface area contributed by atoms with Gasteiger partial charge in [-0.1, -0.05) is 273 Å². The summed E-state index contributed by atoms with van der Waals surface area (Å²) >= 11 is 2.56. The fourth-order valence-corrected chi connectivity index (χ4v) is 25.3. The Balaban J connectivity index is 1.31. The van der Waals surface area contributed by atoms with Crippen LogP contribution in [0.3, 0.4) is 0 Å². The molecular weight excluding hydrogens is 1030 g/mol. The molecule has 3 nitrogen and oxygen atoms in total. The van der Waals surface area contributed by atoms with Crippen molar-refractivity contribution in [2.24, 2.45) is 0 Å². The first-order chi connectivity index (χ1) is 35.0. The number of rotatable bonds is 11. The molecular formula is C64H50INO2PSi2+. The number of hydrogen-bond donors (Lipinski definition) is 1. The van der Waals surface area contributed by atoms with E-state index >= 15 is 0 Å². The Kier molecular flexibility index (Phi) is 12.1. The third-order valence-electron chi connectivity index (χ3n) is 14.4. The summed E-state index contributed by atoms with van der Waals surface area (Å²) in [6.07, 6.45) is 0. The molecule has 12 rings (SSSR count). The van der Waals surface area contributed by atoms with E-state index in [-0.39, 0.29) is 6.04 Å². The van der Waals surface area contributed by atoms with Crippen molar-refractivity contribution in [3.05, 3.63) is 279 Å². The van der Waals surface area contributed by atoms with Crippen molar-refractivity contribution in [1.82, 2.24) is 5.09 Å². The predicted molar refractivity (Wildman–Crippen MR) is 314 cm³/mol.